The number of nitrogens with one attached hydrogen (secondary N) is 1. The lowest BCUT2D eigenvalue weighted by atomic mass is 10.1. The van der Waals surface area contributed by atoms with Crippen LogP contribution in [0.4, 0.5) is 10.2 Å². The maximum Gasteiger partial charge on any atom is 0.165 e. The number of fused-ring (bicyclic) bond motifs is 1. The molecular formula is C25H22FN5OS. The number of benzene rings is 1. The van der Waals surface area contributed by atoms with E-state index in [0.29, 0.717) is 17.2 Å². The van der Waals surface area contributed by atoms with Gasteiger partial charge in [-0.25, -0.2) is 14.4 Å². The molecule has 4 heterocycles. The van der Waals surface area contributed by atoms with Crippen molar-refractivity contribution in [3.05, 3.63) is 77.0 Å². The van der Waals surface area contributed by atoms with E-state index in [1.165, 1.54) is 11.8 Å². The molecule has 0 unspecified atom stereocenters. The lowest BCUT2D eigenvalue weighted by Gasteiger charge is -2.10. The molecule has 33 heavy (non-hydrogen) atoms. The predicted octanol–water partition coefficient (Wildman–Crippen LogP) is 6.21. The molecule has 1 N–H and O–H groups in total. The number of halogens is 1. The summed E-state index contributed by atoms with van der Waals surface area (Å²) in [6.07, 6.45) is 4.62. The summed E-state index contributed by atoms with van der Waals surface area (Å²) in [6, 6.07) is 12.0. The van der Waals surface area contributed by atoms with Gasteiger partial charge in [0.05, 0.1) is 33.2 Å². The van der Waals surface area contributed by atoms with Crippen molar-refractivity contribution in [3.63, 3.8) is 0 Å². The minimum Gasteiger partial charge on any atom is -0.369 e. The van der Waals surface area contributed by atoms with E-state index >= 15 is 0 Å². The molecule has 0 fully saturated rings. The first-order valence-corrected chi connectivity index (χ1v) is 11.6. The van der Waals surface area contributed by atoms with Gasteiger partial charge in [0, 0.05) is 23.7 Å². The summed E-state index contributed by atoms with van der Waals surface area (Å²) in [4.78, 5) is 13.3. The SMILES string of the molecule is Cc1noc(C)c1-c1csc2c(NCCCc3ccccc3)nc(-c3ccncc3F)nc12. The molecule has 0 spiro atoms. The van der Waals surface area contributed by atoms with Crippen molar-refractivity contribution >= 4 is 27.4 Å². The van der Waals surface area contributed by atoms with E-state index in [9.17, 15) is 4.39 Å². The van der Waals surface area contributed by atoms with Crippen molar-refractivity contribution in [3.8, 4) is 22.5 Å². The molecule has 5 rings (SSSR count). The van der Waals surface area contributed by atoms with Crippen molar-refractivity contribution in [1.82, 2.24) is 20.1 Å². The van der Waals surface area contributed by atoms with Gasteiger partial charge in [-0.05, 0) is 38.3 Å². The third-order valence-electron chi connectivity index (χ3n) is 5.51. The van der Waals surface area contributed by atoms with Crippen LogP contribution in [0, 0.1) is 19.7 Å². The summed E-state index contributed by atoms with van der Waals surface area (Å²) in [5.41, 5.74) is 4.98. The highest BCUT2D eigenvalue weighted by Gasteiger charge is 2.21. The Morgan fingerprint density at radius 3 is 2.67 bits per heavy atom. The Balaban J connectivity index is 1.53. The molecule has 0 aliphatic carbocycles. The summed E-state index contributed by atoms with van der Waals surface area (Å²) >= 11 is 1.56. The zero-order valence-electron chi connectivity index (χ0n) is 18.3. The van der Waals surface area contributed by atoms with Crippen molar-refractivity contribution in [1.29, 1.82) is 0 Å². The summed E-state index contributed by atoms with van der Waals surface area (Å²) in [5.74, 6) is 1.28. The summed E-state index contributed by atoms with van der Waals surface area (Å²) in [5, 5.41) is 9.58. The Bertz CT molecular complexity index is 1390. The van der Waals surface area contributed by atoms with Gasteiger partial charge in [0.15, 0.2) is 11.6 Å². The number of pyridine rings is 1. The first-order chi connectivity index (χ1) is 16.1. The van der Waals surface area contributed by atoms with E-state index in [1.54, 1.807) is 23.6 Å². The van der Waals surface area contributed by atoms with Gasteiger partial charge in [0.2, 0.25) is 0 Å². The van der Waals surface area contributed by atoms with Crippen molar-refractivity contribution in [2.24, 2.45) is 0 Å². The molecule has 0 saturated carbocycles. The van der Waals surface area contributed by atoms with Crippen LogP contribution in [0.3, 0.4) is 0 Å². The third kappa shape index (κ3) is 4.21. The number of aromatic nitrogens is 4. The van der Waals surface area contributed by atoms with Crippen LogP contribution in [0.2, 0.25) is 0 Å². The van der Waals surface area contributed by atoms with Gasteiger partial charge in [-0.1, -0.05) is 35.5 Å². The molecule has 4 aromatic heterocycles. The molecule has 0 atom stereocenters. The second-order valence-electron chi connectivity index (χ2n) is 7.79. The van der Waals surface area contributed by atoms with Gasteiger partial charge in [-0.2, -0.15) is 0 Å². The zero-order valence-corrected chi connectivity index (χ0v) is 19.1. The number of anilines is 1. The average molecular weight is 460 g/mol. The first-order valence-electron chi connectivity index (χ1n) is 10.7. The largest absolute Gasteiger partial charge is 0.369 e. The van der Waals surface area contributed by atoms with E-state index < -0.39 is 5.82 Å². The van der Waals surface area contributed by atoms with E-state index in [1.807, 2.05) is 37.4 Å². The molecular weight excluding hydrogens is 437 g/mol. The lowest BCUT2D eigenvalue weighted by Crippen LogP contribution is -2.06. The fraction of sp³-hybridized carbons (Fsp3) is 0.200. The average Bonchev–Trinajstić information content (AvgIpc) is 3.39. The molecule has 8 heteroatoms. The molecule has 0 bridgehead atoms. The molecule has 6 nitrogen and oxygen atoms in total. The van der Waals surface area contributed by atoms with Gasteiger partial charge >= 0.3 is 0 Å². The van der Waals surface area contributed by atoms with E-state index in [-0.39, 0.29) is 0 Å². The highest BCUT2D eigenvalue weighted by Crippen LogP contribution is 2.40. The van der Waals surface area contributed by atoms with Crippen LogP contribution in [-0.4, -0.2) is 26.7 Å². The number of thiophene rings is 1. The molecule has 0 amide bonds. The smallest absolute Gasteiger partial charge is 0.165 e. The fourth-order valence-corrected chi connectivity index (χ4v) is 4.87. The van der Waals surface area contributed by atoms with Crippen LogP contribution in [0.25, 0.3) is 32.7 Å². The third-order valence-corrected chi connectivity index (χ3v) is 6.48. The van der Waals surface area contributed by atoms with Crippen LogP contribution in [-0.2, 0) is 6.42 Å². The summed E-state index contributed by atoms with van der Waals surface area (Å²) < 4.78 is 20.8. The lowest BCUT2D eigenvalue weighted by molar-refractivity contribution is 0.393. The van der Waals surface area contributed by atoms with Crippen molar-refractivity contribution in [2.45, 2.75) is 26.7 Å². The minimum atomic E-state index is -0.457. The van der Waals surface area contributed by atoms with Gasteiger partial charge in [0.1, 0.15) is 11.6 Å². The maximum atomic E-state index is 14.5. The zero-order chi connectivity index (χ0) is 22.8. The van der Waals surface area contributed by atoms with E-state index in [2.05, 4.69) is 27.6 Å². The summed E-state index contributed by atoms with van der Waals surface area (Å²) in [7, 11) is 0. The first kappa shape index (κ1) is 21.2. The van der Waals surface area contributed by atoms with Gasteiger partial charge < -0.3 is 9.84 Å². The highest BCUT2D eigenvalue weighted by molar-refractivity contribution is 7.18. The second kappa shape index (κ2) is 9.07. The number of hydrogen-bond donors (Lipinski definition) is 1. The Kier molecular flexibility index (Phi) is 5.83. The molecule has 0 saturated heterocycles. The van der Waals surface area contributed by atoms with Crippen LogP contribution >= 0.6 is 11.3 Å². The van der Waals surface area contributed by atoms with Crippen molar-refractivity contribution < 1.29 is 8.91 Å². The van der Waals surface area contributed by atoms with Crippen LogP contribution in [0.15, 0.2) is 58.7 Å². The Morgan fingerprint density at radius 2 is 1.91 bits per heavy atom. The van der Waals surface area contributed by atoms with Gasteiger partial charge in [-0.3, -0.25) is 4.98 Å². The Morgan fingerprint density at radius 1 is 1.06 bits per heavy atom. The number of nitrogens with zero attached hydrogens (tertiary/aromatic N) is 4. The minimum absolute atomic E-state index is 0.315. The Labute approximate surface area is 194 Å². The normalized spacial score (nSPS) is 11.2. The maximum absolute atomic E-state index is 14.5. The topological polar surface area (TPSA) is 76.7 Å². The predicted molar refractivity (Wildman–Crippen MR) is 129 cm³/mol. The quantitative estimate of drug-likeness (QED) is 0.292. The summed E-state index contributed by atoms with van der Waals surface area (Å²) in [6.45, 7) is 4.52. The monoisotopic (exact) mass is 459 g/mol. The molecule has 166 valence electrons. The van der Waals surface area contributed by atoms with Crippen LogP contribution in [0.5, 0.6) is 0 Å². The van der Waals surface area contributed by atoms with Crippen molar-refractivity contribution in [2.75, 3.05) is 11.9 Å². The van der Waals surface area contributed by atoms with E-state index in [0.717, 1.165) is 52.2 Å². The molecule has 0 aliphatic rings. The highest BCUT2D eigenvalue weighted by atomic mass is 32.1. The number of aryl methyl sites for hydroxylation is 3. The molecule has 0 aliphatic heterocycles. The fourth-order valence-electron chi connectivity index (χ4n) is 3.90. The Hall–Kier alpha value is -3.65. The molecule has 1 aromatic carbocycles. The molecule has 0 radical (unpaired) electrons. The van der Waals surface area contributed by atoms with Crippen LogP contribution < -0.4 is 5.32 Å². The standard InChI is InChI=1S/C25H22FN5OS/c1-15-21(16(2)32-31-15)19-14-33-23-22(19)29-24(18-10-12-27-13-20(18)26)30-25(23)28-11-6-9-17-7-4-3-5-8-17/h3-5,7-8,10,12-14H,6,9,11H2,1-2H3,(H,28,29,30). The molecule has 5 aromatic rings. The van der Waals surface area contributed by atoms with E-state index in [4.69, 9.17) is 14.5 Å². The van der Waals surface area contributed by atoms with Gasteiger partial charge in [-0.15, -0.1) is 11.3 Å². The number of hydrogen-bond acceptors (Lipinski definition) is 7. The number of rotatable bonds is 7. The van der Waals surface area contributed by atoms with Gasteiger partial charge in [0.25, 0.3) is 0 Å². The van der Waals surface area contributed by atoms with Crippen LogP contribution in [0.1, 0.15) is 23.4 Å². The second-order valence-corrected chi connectivity index (χ2v) is 8.67.